The van der Waals surface area contributed by atoms with Crippen LogP contribution in [0.25, 0.3) is 0 Å². The van der Waals surface area contributed by atoms with Crippen molar-refractivity contribution in [1.82, 2.24) is 10.3 Å². The molecule has 106 valence electrons. The zero-order valence-electron chi connectivity index (χ0n) is 11.9. The van der Waals surface area contributed by atoms with E-state index in [0.29, 0.717) is 12.5 Å². The van der Waals surface area contributed by atoms with Crippen molar-refractivity contribution in [2.75, 3.05) is 13.7 Å². The second-order valence-electron chi connectivity index (χ2n) is 4.35. The predicted molar refractivity (Wildman–Crippen MR) is 78.9 cm³/mol. The van der Waals surface area contributed by atoms with E-state index in [1.807, 2.05) is 31.2 Å². The molecule has 1 aromatic carbocycles. The molecule has 4 heteroatoms. The number of rotatable bonds is 7. The van der Waals surface area contributed by atoms with Gasteiger partial charge in [0.05, 0.1) is 13.7 Å². The van der Waals surface area contributed by atoms with Crippen LogP contribution in [0.3, 0.4) is 0 Å². The fourth-order valence-electron chi connectivity index (χ4n) is 1.95. The van der Waals surface area contributed by atoms with Gasteiger partial charge in [-0.25, -0.2) is 4.98 Å². The Morgan fingerprint density at radius 3 is 2.60 bits per heavy atom. The van der Waals surface area contributed by atoms with E-state index in [-0.39, 0.29) is 0 Å². The van der Waals surface area contributed by atoms with Crippen LogP contribution in [0.4, 0.5) is 0 Å². The Hall–Kier alpha value is -2.07. The van der Waals surface area contributed by atoms with E-state index >= 15 is 0 Å². The molecule has 4 nitrogen and oxygen atoms in total. The van der Waals surface area contributed by atoms with Crippen molar-refractivity contribution in [3.05, 3.63) is 53.7 Å². The van der Waals surface area contributed by atoms with E-state index < -0.39 is 0 Å². The SMILES string of the molecule is CCOc1ccc(CNCc2cccnc2OC)cc1. The van der Waals surface area contributed by atoms with Crippen LogP contribution in [0.15, 0.2) is 42.6 Å². The number of hydrogen-bond acceptors (Lipinski definition) is 4. The van der Waals surface area contributed by atoms with Crippen LogP contribution in [0.1, 0.15) is 18.1 Å². The van der Waals surface area contributed by atoms with Crippen LogP contribution in [0.2, 0.25) is 0 Å². The monoisotopic (exact) mass is 272 g/mol. The van der Waals surface area contributed by atoms with Crippen molar-refractivity contribution in [3.63, 3.8) is 0 Å². The predicted octanol–water partition coefficient (Wildman–Crippen LogP) is 2.78. The van der Waals surface area contributed by atoms with Crippen LogP contribution in [0, 0.1) is 0 Å². The second kappa shape index (κ2) is 7.50. The quantitative estimate of drug-likeness (QED) is 0.841. The first kappa shape index (κ1) is 14.3. The summed E-state index contributed by atoms with van der Waals surface area (Å²) >= 11 is 0. The van der Waals surface area contributed by atoms with E-state index in [1.165, 1.54) is 5.56 Å². The number of pyridine rings is 1. The number of ether oxygens (including phenoxy) is 2. The van der Waals surface area contributed by atoms with Gasteiger partial charge in [0, 0.05) is 24.8 Å². The summed E-state index contributed by atoms with van der Waals surface area (Å²) < 4.78 is 10.6. The van der Waals surface area contributed by atoms with E-state index in [9.17, 15) is 0 Å². The maximum Gasteiger partial charge on any atom is 0.217 e. The zero-order valence-corrected chi connectivity index (χ0v) is 11.9. The van der Waals surface area contributed by atoms with Gasteiger partial charge in [-0.3, -0.25) is 0 Å². The van der Waals surface area contributed by atoms with Crippen LogP contribution >= 0.6 is 0 Å². The van der Waals surface area contributed by atoms with Crippen molar-refractivity contribution in [2.24, 2.45) is 0 Å². The summed E-state index contributed by atoms with van der Waals surface area (Å²) in [6.45, 7) is 4.20. The van der Waals surface area contributed by atoms with Gasteiger partial charge in [-0.1, -0.05) is 18.2 Å². The molecule has 1 heterocycles. The number of benzene rings is 1. The maximum atomic E-state index is 5.42. The lowest BCUT2D eigenvalue weighted by molar-refractivity contribution is 0.340. The van der Waals surface area contributed by atoms with Crippen LogP contribution in [-0.4, -0.2) is 18.7 Å². The number of hydrogen-bond donors (Lipinski definition) is 1. The molecule has 2 aromatic rings. The minimum absolute atomic E-state index is 0.673. The molecular formula is C16H20N2O2. The second-order valence-corrected chi connectivity index (χ2v) is 4.35. The molecule has 0 amide bonds. The third-order valence-electron chi connectivity index (χ3n) is 2.92. The molecule has 0 saturated carbocycles. The number of methoxy groups -OCH3 is 1. The van der Waals surface area contributed by atoms with Gasteiger partial charge in [0.15, 0.2) is 0 Å². The average Bonchev–Trinajstić information content (AvgIpc) is 2.50. The maximum absolute atomic E-state index is 5.42. The standard InChI is InChI=1S/C16H20N2O2/c1-3-20-15-8-6-13(7-9-15)11-17-12-14-5-4-10-18-16(14)19-2/h4-10,17H,3,11-12H2,1-2H3. The van der Waals surface area contributed by atoms with Crippen molar-refractivity contribution < 1.29 is 9.47 Å². The number of nitrogens with zero attached hydrogens (tertiary/aromatic N) is 1. The van der Waals surface area contributed by atoms with Crippen LogP contribution in [-0.2, 0) is 13.1 Å². The van der Waals surface area contributed by atoms with Crippen molar-refractivity contribution >= 4 is 0 Å². The molecule has 0 spiro atoms. The molecule has 0 saturated heterocycles. The van der Waals surface area contributed by atoms with Crippen LogP contribution in [0.5, 0.6) is 11.6 Å². The first-order valence-electron chi connectivity index (χ1n) is 6.74. The molecule has 1 aromatic heterocycles. The summed E-state index contributed by atoms with van der Waals surface area (Å²) in [6, 6.07) is 12.0. The summed E-state index contributed by atoms with van der Waals surface area (Å²) in [7, 11) is 1.64. The highest BCUT2D eigenvalue weighted by atomic mass is 16.5. The van der Waals surface area contributed by atoms with Crippen molar-refractivity contribution in [2.45, 2.75) is 20.0 Å². The molecule has 0 bridgehead atoms. The Morgan fingerprint density at radius 2 is 1.90 bits per heavy atom. The molecule has 0 radical (unpaired) electrons. The first-order valence-corrected chi connectivity index (χ1v) is 6.74. The highest BCUT2D eigenvalue weighted by molar-refractivity contribution is 5.28. The molecule has 0 fully saturated rings. The summed E-state index contributed by atoms with van der Waals surface area (Å²) in [5.74, 6) is 1.58. The molecule has 0 aliphatic heterocycles. The highest BCUT2D eigenvalue weighted by Crippen LogP contribution is 2.14. The zero-order chi connectivity index (χ0) is 14.2. The van der Waals surface area contributed by atoms with E-state index in [2.05, 4.69) is 22.4 Å². The first-order chi connectivity index (χ1) is 9.83. The van der Waals surface area contributed by atoms with Gasteiger partial charge >= 0.3 is 0 Å². The van der Waals surface area contributed by atoms with Gasteiger partial charge in [-0.05, 0) is 30.7 Å². The third kappa shape index (κ3) is 3.96. The summed E-state index contributed by atoms with van der Waals surface area (Å²) in [5, 5.41) is 3.38. The minimum Gasteiger partial charge on any atom is -0.494 e. The Labute approximate surface area is 119 Å². The number of aromatic nitrogens is 1. The highest BCUT2D eigenvalue weighted by Gasteiger charge is 2.02. The average molecular weight is 272 g/mol. The Kier molecular flexibility index (Phi) is 5.38. The smallest absolute Gasteiger partial charge is 0.217 e. The Morgan fingerprint density at radius 1 is 1.10 bits per heavy atom. The van der Waals surface area contributed by atoms with Crippen molar-refractivity contribution in [1.29, 1.82) is 0 Å². The Balaban J connectivity index is 1.86. The molecule has 0 atom stereocenters. The van der Waals surface area contributed by atoms with Gasteiger partial charge < -0.3 is 14.8 Å². The molecule has 2 rings (SSSR count). The van der Waals surface area contributed by atoms with Gasteiger partial charge in [0.25, 0.3) is 0 Å². The minimum atomic E-state index is 0.673. The fourth-order valence-corrected chi connectivity index (χ4v) is 1.95. The van der Waals surface area contributed by atoms with Gasteiger partial charge in [0.1, 0.15) is 5.75 Å². The lowest BCUT2D eigenvalue weighted by Crippen LogP contribution is -2.13. The van der Waals surface area contributed by atoms with Crippen LogP contribution < -0.4 is 14.8 Å². The largest absolute Gasteiger partial charge is 0.494 e. The molecule has 20 heavy (non-hydrogen) atoms. The molecule has 0 unspecified atom stereocenters. The van der Waals surface area contributed by atoms with E-state index in [0.717, 1.165) is 24.4 Å². The molecule has 0 aliphatic carbocycles. The normalized spacial score (nSPS) is 10.3. The number of nitrogens with one attached hydrogen (secondary N) is 1. The lowest BCUT2D eigenvalue weighted by atomic mass is 10.2. The van der Waals surface area contributed by atoms with Gasteiger partial charge in [0.2, 0.25) is 5.88 Å². The topological polar surface area (TPSA) is 43.4 Å². The van der Waals surface area contributed by atoms with E-state index in [4.69, 9.17) is 9.47 Å². The molecule has 1 N–H and O–H groups in total. The lowest BCUT2D eigenvalue weighted by Gasteiger charge is -2.09. The Bertz CT molecular complexity index is 526. The summed E-state index contributed by atoms with van der Waals surface area (Å²) in [6.07, 6.45) is 1.73. The van der Waals surface area contributed by atoms with Gasteiger partial charge in [-0.15, -0.1) is 0 Å². The molecule has 0 aliphatic rings. The van der Waals surface area contributed by atoms with Crippen molar-refractivity contribution in [3.8, 4) is 11.6 Å². The third-order valence-corrected chi connectivity index (χ3v) is 2.92. The summed E-state index contributed by atoms with van der Waals surface area (Å²) in [4.78, 5) is 4.18. The van der Waals surface area contributed by atoms with E-state index in [1.54, 1.807) is 13.3 Å². The fraction of sp³-hybridized carbons (Fsp3) is 0.312. The van der Waals surface area contributed by atoms with Gasteiger partial charge in [-0.2, -0.15) is 0 Å². The molecular weight excluding hydrogens is 252 g/mol. The summed E-state index contributed by atoms with van der Waals surface area (Å²) in [5.41, 5.74) is 2.28.